The van der Waals surface area contributed by atoms with Gasteiger partial charge in [0.05, 0.1) is 33.3 Å². The zero-order valence-electron chi connectivity index (χ0n) is 37.2. The number of hydrogen-bond acceptors (Lipinski definition) is 4. The maximum atomic E-state index is 6.96. The summed E-state index contributed by atoms with van der Waals surface area (Å²) in [6.07, 6.45) is 0. The second-order valence-corrected chi connectivity index (χ2v) is 17.5. The van der Waals surface area contributed by atoms with Gasteiger partial charge >= 0.3 is 0 Å². The maximum Gasteiger partial charge on any atom is 0.238 e. The topological polar surface area (TPSA) is 61.7 Å². The van der Waals surface area contributed by atoms with Crippen molar-refractivity contribution in [2.24, 2.45) is 0 Å². The minimum atomic E-state index is 0.511. The highest BCUT2D eigenvalue weighted by molar-refractivity contribution is 6.24. The van der Waals surface area contributed by atoms with E-state index in [1.54, 1.807) is 0 Å². The van der Waals surface area contributed by atoms with E-state index < -0.39 is 0 Å². The van der Waals surface area contributed by atoms with Crippen LogP contribution in [0.1, 0.15) is 0 Å². The van der Waals surface area contributed by atoms with Crippen molar-refractivity contribution in [2.45, 2.75) is 0 Å². The van der Waals surface area contributed by atoms with Crippen LogP contribution in [-0.4, -0.2) is 24.1 Å². The molecule has 69 heavy (non-hydrogen) atoms. The van der Waals surface area contributed by atoms with Crippen LogP contribution in [-0.2, 0) is 0 Å². The van der Waals surface area contributed by atoms with Crippen LogP contribution < -0.4 is 0 Å². The Morgan fingerprint density at radius 1 is 0.275 bits per heavy atom. The molecule has 14 aromatic rings. The van der Waals surface area contributed by atoms with Gasteiger partial charge in [-0.05, 0) is 46.5 Å². The summed E-state index contributed by atoms with van der Waals surface area (Å²) in [6.45, 7) is 0. The molecule has 6 nitrogen and oxygen atoms in total. The number of furan rings is 1. The molecule has 322 valence electrons. The van der Waals surface area contributed by atoms with Crippen molar-refractivity contribution < 1.29 is 4.42 Å². The number of benzene rings is 10. The Kier molecular flexibility index (Phi) is 8.79. The van der Waals surface area contributed by atoms with Gasteiger partial charge in [-0.25, -0.2) is 4.98 Å². The average molecular weight is 882 g/mol. The molecule has 0 atom stereocenters. The molecule has 0 saturated carbocycles. The summed E-state index contributed by atoms with van der Waals surface area (Å²) in [6, 6.07) is 83.3. The molecule has 14 rings (SSSR count). The van der Waals surface area contributed by atoms with E-state index in [0.717, 1.165) is 105 Å². The van der Waals surface area contributed by atoms with Crippen molar-refractivity contribution in [3.05, 3.63) is 237 Å². The van der Waals surface area contributed by atoms with E-state index in [1.165, 1.54) is 11.1 Å². The Morgan fingerprint density at radius 2 is 0.725 bits per heavy atom. The fourth-order valence-electron chi connectivity index (χ4n) is 10.5. The normalized spacial score (nSPS) is 11.8. The SMILES string of the molecule is c1ccc(-c2ccc(-c3ccccc3-n3c4ccccc4c4ccc5c6ccccc6n(-c6nc(-c7ccccc7)nc(-c7cccc8c7oc7c(-c9ccccc9)cccc78)n6)c5c43)cc2)cc1. The molecule has 0 aliphatic rings. The van der Waals surface area contributed by atoms with Gasteiger partial charge in [0, 0.05) is 49.0 Å². The summed E-state index contributed by atoms with van der Waals surface area (Å²) in [7, 11) is 0. The van der Waals surface area contributed by atoms with E-state index in [4.69, 9.17) is 19.4 Å². The third-order valence-electron chi connectivity index (χ3n) is 13.6. The minimum absolute atomic E-state index is 0.511. The smallest absolute Gasteiger partial charge is 0.238 e. The predicted octanol–water partition coefficient (Wildman–Crippen LogP) is 16.3. The van der Waals surface area contributed by atoms with Gasteiger partial charge in [-0.3, -0.25) is 4.57 Å². The van der Waals surface area contributed by atoms with Gasteiger partial charge < -0.3 is 8.98 Å². The third-order valence-corrected chi connectivity index (χ3v) is 13.6. The van der Waals surface area contributed by atoms with Crippen LogP contribution in [0.15, 0.2) is 241 Å². The van der Waals surface area contributed by atoms with E-state index in [-0.39, 0.29) is 0 Å². The minimum Gasteiger partial charge on any atom is -0.455 e. The largest absolute Gasteiger partial charge is 0.455 e. The van der Waals surface area contributed by atoms with E-state index in [1.807, 2.05) is 24.3 Å². The lowest BCUT2D eigenvalue weighted by atomic mass is 9.99. The van der Waals surface area contributed by atoms with Crippen molar-refractivity contribution in [1.82, 2.24) is 24.1 Å². The molecule has 0 unspecified atom stereocenters. The van der Waals surface area contributed by atoms with Crippen molar-refractivity contribution in [3.63, 3.8) is 0 Å². The highest BCUT2D eigenvalue weighted by Gasteiger charge is 2.25. The Labute approximate surface area is 396 Å². The fourth-order valence-corrected chi connectivity index (χ4v) is 10.5. The molecule has 6 heteroatoms. The number of aromatic nitrogens is 5. The molecular formula is C63H39N5O. The number of para-hydroxylation sites is 5. The van der Waals surface area contributed by atoms with Crippen LogP contribution in [0.25, 0.3) is 133 Å². The Hall–Kier alpha value is -9.39. The molecule has 0 N–H and O–H groups in total. The zero-order chi connectivity index (χ0) is 45.4. The van der Waals surface area contributed by atoms with Crippen LogP contribution in [0.5, 0.6) is 0 Å². The molecule has 10 aromatic carbocycles. The summed E-state index contributed by atoms with van der Waals surface area (Å²) in [4.78, 5) is 16.2. The number of nitrogens with zero attached hydrogens (tertiary/aromatic N) is 5. The first-order valence-electron chi connectivity index (χ1n) is 23.3. The lowest BCUT2D eigenvalue weighted by molar-refractivity contribution is 0.670. The van der Waals surface area contributed by atoms with Crippen molar-refractivity contribution in [2.75, 3.05) is 0 Å². The molecule has 0 amide bonds. The van der Waals surface area contributed by atoms with Gasteiger partial charge in [0.25, 0.3) is 0 Å². The van der Waals surface area contributed by atoms with Crippen molar-refractivity contribution in [1.29, 1.82) is 0 Å². The highest BCUT2D eigenvalue weighted by Crippen LogP contribution is 2.44. The average Bonchev–Trinajstić information content (AvgIpc) is 4.10. The first kappa shape index (κ1) is 38.8. The van der Waals surface area contributed by atoms with Crippen molar-refractivity contribution >= 4 is 65.6 Å². The van der Waals surface area contributed by atoms with Crippen LogP contribution in [0, 0.1) is 0 Å². The Bertz CT molecular complexity index is 4280. The highest BCUT2D eigenvalue weighted by atomic mass is 16.3. The summed E-state index contributed by atoms with van der Waals surface area (Å²) >= 11 is 0. The van der Waals surface area contributed by atoms with Crippen LogP contribution in [0.3, 0.4) is 0 Å². The third kappa shape index (κ3) is 6.16. The van der Waals surface area contributed by atoms with E-state index >= 15 is 0 Å². The second-order valence-electron chi connectivity index (χ2n) is 17.5. The van der Waals surface area contributed by atoms with Gasteiger partial charge in [-0.2, -0.15) is 9.97 Å². The second kappa shape index (κ2) is 15.6. The molecule has 0 radical (unpaired) electrons. The molecule has 0 fully saturated rings. The van der Waals surface area contributed by atoms with Gasteiger partial charge in [-0.1, -0.05) is 212 Å². The van der Waals surface area contributed by atoms with Crippen molar-refractivity contribution in [3.8, 4) is 67.8 Å². The Morgan fingerprint density at radius 3 is 1.41 bits per heavy atom. The molecule has 0 saturated heterocycles. The fraction of sp³-hybridized carbons (Fsp3) is 0. The molecule has 4 aromatic heterocycles. The number of fused-ring (bicyclic) bond motifs is 10. The quantitative estimate of drug-likeness (QED) is 0.160. The monoisotopic (exact) mass is 881 g/mol. The number of rotatable bonds is 7. The first-order chi connectivity index (χ1) is 34.2. The van der Waals surface area contributed by atoms with Gasteiger partial charge in [0.1, 0.15) is 11.2 Å². The number of hydrogen-bond donors (Lipinski definition) is 0. The van der Waals surface area contributed by atoms with Crippen LogP contribution >= 0.6 is 0 Å². The van der Waals surface area contributed by atoms with Crippen LogP contribution in [0.2, 0.25) is 0 Å². The maximum absolute atomic E-state index is 6.96. The lowest BCUT2D eigenvalue weighted by Gasteiger charge is -2.16. The van der Waals surface area contributed by atoms with Gasteiger partial charge in [0.2, 0.25) is 5.95 Å². The lowest BCUT2D eigenvalue weighted by Crippen LogP contribution is -2.07. The summed E-state index contributed by atoms with van der Waals surface area (Å²) in [5, 5.41) is 6.54. The van der Waals surface area contributed by atoms with Gasteiger partial charge in [-0.15, -0.1) is 0 Å². The Balaban J connectivity index is 1.06. The molecule has 0 aliphatic carbocycles. The van der Waals surface area contributed by atoms with Gasteiger partial charge in [0.15, 0.2) is 11.6 Å². The van der Waals surface area contributed by atoms with E-state index in [0.29, 0.717) is 17.6 Å². The summed E-state index contributed by atoms with van der Waals surface area (Å²) in [5.41, 5.74) is 15.2. The first-order valence-corrected chi connectivity index (χ1v) is 23.3. The predicted molar refractivity (Wildman–Crippen MR) is 283 cm³/mol. The van der Waals surface area contributed by atoms with E-state index in [9.17, 15) is 0 Å². The summed E-state index contributed by atoms with van der Waals surface area (Å²) < 4.78 is 11.7. The summed E-state index contributed by atoms with van der Waals surface area (Å²) in [5.74, 6) is 1.60. The molecule has 0 aliphatic heterocycles. The van der Waals surface area contributed by atoms with Crippen LogP contribution in [0.4, 0.5) is 0 Å². The molecule has 4 heterocycles. The molecule has 0 bridgehead atoms. The molecular weight excluding hydrogens is 843 g/mol. The molecule has 0 spiro atoms. The standard InChI is InChI=1S/C63H39N5O/c1-4-18-40(19-5-1)41-34-36-43(37-35-41)45-24-10-13-31-54(45)67-55-32-14-11-25-47(55)49-38-39-50-48-26-12-15-33-56(48)68(58(50)57(49)67)63-65-61(44-22-8-3-9-23-44)64-62(66-63)53-30-17-29-52-51-28-16-27-46(59(51)69-60(52)53)42-20-6-2-7-21-42/h1-39H. The zero-order valence-corrected chi connectivity index (χ0v) is 37.2. The van der Waals surface area contributed by atoms with E-state index in [2.05, 4.69) is 221 Å².